The Kier molecular flexibility index (Phi) is 2.93. The molecule has 1 heterocycles. The van der Waals surface area contributed by atoms with Gasteiger partial charge < -0.3 is 4.90 Å². The Labute approximate surface area is 105 Å². The van der Waals surface area contributed by atoms with Crippen LogP contribution in [0.2, 0.25) is 0 Å². The molecular formula is C11H9BrF3NO. The predicted octanol–water partition coefficient (Wildman–Crippen LogP) is 3.38. The molecule has 0 spiro atoms. The van der Waals surface area contributed by atoms with E-state index in [0.29, 0.717) is 18.5 Å². The van der Waals surface area contributed by atoms with Gasteiger partial charge in [0.25, 0.3) is 0 Å². The van der Waals surface area contributed by atoms with Gasteiger partial charge in [-0.25, -0.2) is 0 Å². The highest BCUT2D eigenvalue weighted by Crippen LogP contribution is 2.40. The fourth-order valence-electron chi connectivity index (χ4n) is 1.88. The molecule has 0 saturated carbocycles. The summed E-state index contributed by atoms with van der Waals surface area (Å²) in [5.74, 6) is -0.159. The summed E-state index contributed by atoms with van der Waals surface area (Å²) >= 11 is 2.92. The number of anilines is 1. The first kappa shape index (κ1) is 12.4. The van der Waals surface area contributed by atoms with E-state index in [1.807, 2.05) is 0 Å². The molecule has 0 N–H and O–H groups in total. The average Bonchev–Trinajstić information content (AvgIpc) is 2.21. The lowest BCUT2D eigenvalue weighted by molar-refractivity contribution is -0.138. The largest absolute Gasteiger partial charge is 0.417 e. The molecule has 0 unspecified atom stereocenters. The van der Waals surface area contributed by atoms with Crippen LogP contribution in [0.15, 0.2) is 16.6 Å². The van der Waals surface area contributed by atoms with Crippen molar-refractivity contribution in [2.75, 3.05) is 11.9 Å². The molecule has 92 valence electrons. The van der Waals surface area contributed by atoms with Gasteiger partial charge in [-0.15, -0.1) is 0 Å². The molecule has 0 fully saturated rings. The zero-order valence-electron chi connectivity index (χ0n) is 8.94. The monoisotopic (exact) mass is 307 g/mol. The van der Waals surface area contributed by atoms with Gasteiger partial charge in [-0.3, -0.25) is 4.79 Å². The molecule has 2 nitrogen and oxygen atoms in total. The van der Waals surface area contributed by atoms with Crippen molar-refractivity contribution >= 4 is 27.5 Å². The zero-order chi connectivity index (χ0) is 12.8. The topological polar surface area (TPSA) is 20.3 Å². The number of carbonyl (C=O) groups is 1. The van der Waals surface area contributed by atoms with Crippen molar-refractivity contribution < 1.29 is 18.0 Å². The minimum atomic E-state index is -4.42. The smallest absolute Gasteiger partial charge is 0.315 e. The number of alkyl halides is 3. The molecule has 1 aliphatic rings. The number of nitrogens with zero attached hydrogens (tertiary/aromatic N) is 1. The third kappa shape index (κ3) is 2.18. The molecule has 0 saturated heterocycles. The third-order valence-corrected chi connectivity index (χ3v) is 3.47. The van der Waals surface area contributed by atoms with Crippen LogP contribution in [-0.2, 0) is 17.4 Å². The number of amides is 1. The van der Waals surface area contributed by atoms with Crippen molar-refractivity contribution in [3.05, 3.63) is 27.7 Å². The summed E-state index contributed by atoms with van der Waals surface area (Å²) in [5, 5.41) is 0. The number of hydrogen-bond donors (Lipinski definition) is 0. The Hall–Kier alpha value is -1.04. The Morgan fingerprint density at radius 1 is 1.29 bits per heavy atom. The lowest BCUT2D eigenvalue weighted by Gasteiger charge is -2.27. The Morgan fingerprint density at radius 2 is 1.94 bits per heavy atom. The van der Waals surface area contributed by atoms with Crippen LogP contribution in [0, 0.1) is 0 Å². The van der Waals surface area contributed by atoms with Gasteiger partial charge in [0.2, 0.25) is 5.91 Å². The number of benzene rings is 1. The summed E-state index contributed by atoms with van der Waals surface area (Å²) in [6.07, 6.45) is -3.61. The maximum absolute atomic E-state index is 12.7. The van der Waals surface area contributed by atoms with Crippen molar-refractivity contribution in [1.82, 2.24) is 0 Å². The molecular weight excluding hydrogens is 299 g/mol. The fraction of sp³-hybridized carbons (Fsp3) is 0.364. The average molecular weight is 308 g/mol. The summed E-state index contributed by atoms with van der Waals surface area (Å²) in [5.41, 5.74) is 0.349. The molecule has 0 aliphatic carbocycles. The van der Waals surface area contributed by atoms with Gasteiger partial charge in [-0.2, -0.15) is 13.2 Å². The van der Waals surface area contributed by atoms with Gasteiger partial charge in [-0.1, -0.05) is 15.9 Å². The SMILES string of the molecule is CN1C(=O)CCc2cc(Br)c(C(F)(F)F)cc21. The molecule has 0 aromatic heterocycles. The van der Waals surface area contributed by atoms with Crippen LogP contribution in [0.1, 0.15) is 17.5 Å². The lowest BCUT2D eigenvalue weighted by atomic mass is 9.99. The number of rotatable bonds is 0. The molecule has 0 atom stereocenters. The van der Waals surface area contributed by atoms with Crippen LogP contribution in [0.3, 0.4) is 0 Å². The van der Waals surface area contributed by atoms with Gasteiger partial charge in [-0.05, 0) is 24.1 Å². The van der Waals surface area contributed by atoms with Crippen molar-refractivity contribution in [3.63, 3.8) is 0 Å². The summed E-state index contributed by atoms with van der Waals surface area (Å²) in [7, 11) is 1.49. The number of aryl methyl sites for hydroxylation is 1. The molecule has 6 heteroatoms. The number of hydrogen-bond acceptors (Lipinski definition) is 1. The molecule has 1 amide bonds. The van der Waals surface area contributed by atoms with E-state index in [0.717, 1.165) is 11.6 Å². The van der Waals surface area contributed by atoms with Crippen LogP contribution >= 0.6 is 15.9 Å². The van der Waals surface area contributed by atoms with E-state index in [9.17, 15) is 18.0 Å². The molecule has 1 aliphatic heterocycles. The first-order chi connectivity index (χ1) is 7.80. The molecule has 1 aromatic carbocycles. The molecule has 0 bridgehead atoms. The summed E-state index contributed by atoms with van der Waals surface area (Å²) in [6.45, 7) is 0. The highest BCUT2D eigenvalue weighted by atomic mass is 79.9. The minimum absolute atomic E-state index is 0.0199. The second-order valence-electron chi connectivity index (χ2n) is 3.91. The van der Waals surface area contributed by atoms with E-state index < -0.39 is 11.7 Å². The van der Waals surface area contributed by atoms with E-state index in [1.54, 1.807) is 0 Å². The van der Waals surface area contributed by atoms with Crippen molar-refractivity contribution in [2.45, 2.75) is 19.0 Å². The molecule has 1 aromatic rings. The molecule has 2 rings (SSSR count). The Balaban J connectivity index is 2.58. The first-order valence-electron chi connectivity index (χ1n) is 4.97. The van der Waals surface area contributed by atoms with Crippen LogP contribution in [0.5, 0.6) is 0 Å². The lowest BCUT2D eigenvalue weighted by Crippen LogP contribution is -2.31. The number of fused-ring (bicyclic) bond motifs is 1. The Bertz CT molecular complexity index is 484. The zero-order valence-corrected chi connectivity index (χ0v) is 10.5. The highest BCUT2D eigenvalue weighted by Gasteiger charge is 2.35. The van der Waals surface area contributed by atoms with Gasteiger partial charge in [0.15, 0.2) is 0 Å². The maximum atomic E-state index is 12.7. The van der Waals surface area contributed by atoms with Crippen molar-refractivity contribution in [2.24, 2.45) is 0 Å². The van der Waals surface area contributed by atoms with Crippen LogP contribution in [-0.4, -0.2) is 13.0 Å². The standard InChI is InChI=1S/C11H9BrF3NO/c1-16-9-5-7(11(13,14)15)8(12)4-6(9)2-3-10(16)17/h4-5H,2-3H2,1H3. The normalized spacial score (nSPS) is 16.1. The van der Waals surface area contributed by atoms with Crippen LogP contribution in [0.25, 0.3) is 0 Å². The summed E-state index contributed by atoms with van der Waals surface area (Å²) in [6, 6.07) is 2.47. The van der Waals surface area contributed by atoms with Gasteiger partial charge >= 0.3 is 6.18 Å². The molecule has 0 radical (unpaired) electrons. The van der Waals surface area contributed by atoms with E-state index in [4.69, 9.17) is 0 Å². The van der Waals surface area contributed by atoms with Gasteiger partial charge in [0.05, 0.1) is 5.56 Å². The number of halogens is 4. The second-order valence-corrected chi connectivity index (χ2v) is 4.77. The van der Waals surface area contributed by atoms with E-state index >= 15 is 0 Å². The van der Waals surface area contributed by atoms with Gasteiger partial charge in [0, 0.05) is 23.6 Å². The summed E-state index contributed by atoms with van der Waals surface area (Å²) in [4.78, 5) is 12.7. The minimum Gasteiger partial charge on any atom is -0.315 e. The fourth-order valence-corrected chi connectivity index (χ4v) is 2.49. The van der Waals surface area contributed by atoms with E-state index in [1.165, 1.54) is 18.0 Å². The van der Waals surface area contributed by atoms with E-state index in [2.05, 4.69) is 15.9 Å². The molecule has 17 heavy (non-hydrogen) atoms. The quantitative estimate of drug-likeness (QED) is 0.719. The number of carbonyl (C=O) groups excluding carboxylic acids is 1. The second kappa shape index (κ2) is 4.01. The highest BCUT2D eigenvalue weighted by molar-refractivity contribution is 9.10. The van der Waals surface area contributed by atoms with Crippen molar-refractivity contribution in [3.8, 4) is 0 Å². The first-order valence-corrected chi connectivity index (χ1v) is 5.76. The van der Waals surface area contributed by atoms with Crippen molar-refractivity contribution in [1.29, 1.82) is 0 Å². The van der Waals surface area contributed by atoms with Gasteiger partial charge in [0.1, 0.15) is 0 Å². The summed E-state index contributed by atoms with van der Waals surface area (Å²) < 4.78 is 38.1. The van der Waals surface area contributed by atoms with Crippen LogP contribution < -0.4 is 4.90 Å². The predicted molar refractivity (Wildman–Crippen MR) is 60.9 cm³/mol. The maximum Gasteiger partial charge on any atom is 0.417 e. The van der Waals surface area contributed by atoms with E-state index in [-0.39, 0.29) is 10.4 Å². The Morgan fingerprint density at radius 3 is 2.53 bits per heavy atom. The van der Waals surface area contributed by atoms with Crippen LogP contribution in [0.4, 0.5) is 18.9 Å². The third-order valence-electron chi connectivity index (χ3n) is 2.82.